The van der Waals surface area contributed by atoms with E-state index in [-0.39, 0.29) is 30.4 Å². The minimum atomic E-state index is -0.807. The number of carbonyl (C=O) groups excluding carboxylic acids is 2. The molecule has 0 saturated carbocycles. The van der Waals surface area contributed by atoms with Gasteiger partial charge in [0.05, 0.1) is 25.1 Å². The number of ether oxygens (including phenoxy) is 1. The Kier molecular flexibility index (Phi) is 5.60. The van der Waals surface area contributed by atoms with Gasteiger partial charge in [0.2, 0.25) is 5.91 Å². The Morgan fingerprint density at radius 2 is 1.83 bits per heavy atom. The lowest BCUT2D eigenvalue weighted by atomic mass is 9.80. The van der Waals surface area contributed by atoms with Crippen LogP contribution in [0, 0.1) is 5.92 Å². The van der Waals surface area contributed by atoms with E-state index in [2.05, 4.69) is 31.0 Å². The van der Waals surface area contributed by atoms with Crippen LogP contribution in [0.3, 0.4) is 0 Å². The second kappa shape index (κ2) is 8.05. The molecular formula is C24H27ClN2O3. The molecule has 2 aliphatic rings. The summed E-state index contributed by atoms with van der Waals surface area (Å²) in [5.74, 6) is 0.00898. The molecule has 4 rings (SSSR count). The van der Waals surface area contributed by atoms with E-state index in [0.29, 0.717) is 23.8 Å². The number of methoxy groups -OCH3 is 1. The summed E-state index contributed by atoms with van der Waals surface area (Å²) in [5.41, 5.74) is 1.24. The van der Waals surface area contributed by atoms with Crippen molar-refractivity contribution in [3.8, 4) is 0 Å². The number of hydrogen-bond donors (Lipinski definition) is 0. The van der Waals surface area contributed by atoms with Gasteiger partial charge in [-0.25, -0.2) is 5.01 Å². The van der Waals surface area contributed by atoms with Gasteiger partial charge in [-0.15, -0.1) is 0 Å². The molecule has 6 heteroatoms. The van der Waals surface area contributed by atoms with Crippen molar-refractivity contribution in [2.75, 3.05) is 7.11 Å². The van der Waals surface area contributed by atoms with Gasteiger partial charge in [0.25, 0.3) is 0 Å². The molecule has 0 unspecified atom stereocenters. The molecule has 2 heterocycles. The van der Waals surface area contributed by atoms with Crippen molar-refractivity contribution < 1.29 is 14.3 Å². The van der Waals surface area contributed by atoms with Gasteiger partial charge in [-0.2, -0.15) is 0 Å². The first kappa shape index (κ1) is 20.9. The van der Waals surface area contributed by atoms with Gasteiger partial charge >= 0.3 is 5.97 Å². The second-order valence-corrected chi connectivity index (χ2v) is 8.96. The van der Waals surface area contributed by atoms with Gasteiger partial charge in [0.1, 0.15) is 0 Å². The van der Waals surface area contributed by atoms with Crippen molar-refractivity contribution >= 4 is 23.5 Å². The summed E-state index contributed by atoms with van der Waals surface area (Å²) in [6, 6.07) is 17.8. The first-order chi connectivity index (χ1) is 14.4. The molecule has 2 aromatic carbocycles. The summed E-state index contributed by atoms with van der Waals surface area (Å²) >= 11 is 6.14. The summed E-state index contributed by atoms with van der Waals surface area (Å²) < 4.78 is 5.06. The van der Waals surface area contributed by atoms with Crippen LogP contribution >= 0.6 is 11.6 Å². The van der Waals surface area contributed by atoms with Crippen molar-refractivity contribution in [1.29, 1.82) is 0 Å². The fourth-order valence-electron chi connectivity index (χ4n) is 5.01. The van der Waals surface area contributed by atoms with Crippen LogP contribution in [0.4, 0.5) is 0 Å². The van der Waals surface area contributed by atoms with Crippen LogP contribution < -0.4 is 0 Å². The number of halogens is 1. The van der Waals surface area contributed by atoms with Gasteiger partial charge in [-0.05, 0) is 35.6 Å². The van der Waals surface area contributed by atoms with Gasteiger partial charge in [-0.3, -0.25) is 14.6 Å². The second-order valence-electron chi connectivity index (χ2n) is 8.52. The Hall–Kier alpha value is -2.37. The van der Waals surface area contributed by atoms with Gasteiger partial charge < -0.3 is 4.74 Å². The van der Waals surface area contributed by atoms with Gasteiger partial charge in [0, 0.05) is 17.5 Å². The van der Waals surface area contributed by atoms with E-state index in [4.69, 9.17) is 16.3 Å². The number of amides is 1. The minimum absolute atomic E-state index is 0.00890. The van der Waals surface area contributed by atoms with Crippen molar-refractivity contribution in [1.82, 2.24) is 10.0 Å². The molecule has 158 valence electrons. The van der Waals surface area contributed by atoms with Crippen LogP contribution in [0.5, 0.6) is 0 Å². The third kappa shape index (κ3) is 3.40. The number of fused-ring (bicyclic) bond motifs is 1. The summed E-state index contributed by atoms with van der Waals surface area (Å²) in [7, 11) is 1.39. The van der Waals surface area contributed by atoms with Crippen molar-refractivity contribution in [2.45, 2.75) is 50.7 Å². The monoisotopic (exact) mass is 426 g/mol. The largest absolute Gasteiger partial charge is 0.469 e. The highest BCUT2D eigenvalue weighted by Crippen LogP contribution is 2.55. The number of carbonyl (C=O) groups is 2. The molecular weight excluding hydrogens is 400 g/mol. The predicted molar refractivity (Wildman–Crippen MR) is 115 cm³/mol. The van der Waals surface area contributed by atoms with E-state index in [1.165, 1.54) is 7.11 Å². The van der Waals surface area contributed by atoms with Crippen LogP contribution in [0.1, 0.15) is 50.3 Å². The fourth-order valence-corrected chi connectivity index (χ4v) is 5.14. The smallest absolute Gasteiger partial charge is 0.308 e. The average Bonchev–Trinajstić information content (AvgIpc) is 3.26. The Bertz CT molecular complexity index is 931. The molecule has 0 aromatic heterocycles. The number of nitrogens with zero attached hydrogens (tertiary/aromatic N) is 2. The molecule has 5 nitrogen and oxygen atoms in total. The van der Waals surface area contributed by atoms with Crippen LogP contribution in [-0.4, -0.2) is 35.0 Å². The maximum absolute atomic E-state index is 13.4. The lowest BCUT2D eigenvalue weighted by molar-refractivity contribution is -0.155. The normalized spacial score (nSPS) is 26.3. The van der Waals surface area contributed by atoms with Gasteiger partial charge in [0.15, 0.2) is 0 Å². The SMILES string of the molecule is COC(=O)C[C@@]1(c2ccc(Cl)cc2)C[C@H](c2ccccc2)N2[C@H](C(C)C)CC(=O)N21. The van der Waals surface area contributed by atoms with Crippen LogP contribution in [0.15, 0.2) is 54.6 Å². The molecule has 0 N–H and O–H groups in total. The zero-order valence-electron chi connectivity index (χ0n) is 17.5. The van der Waals surface area contributed by atoms with Crippen molar-refractivity contribution in [3.05, 3.63) is 70.7 Å². The third-order valence-electron chi connectivity index (χ3n) is 6.45. The molecule has 0 bridgehead atoms. The molecule has 0 aliphatic carbocycles. The van der Waals surface area contributed by atoms with E-state index >= 15 is 0 Å². The molecule has 1 amide bonds. The summed E-state index contributed by atoms with van der Waals surface area (Å²) in [5, 5.41) is 4.70. The number of hydrogen-bond acceptors (Lipinski definition) is 4. The highest BCUT2D eigenvalue weighted by atomic mass is 35.5. The van der Waals surface area contributed by atoms with E-state index in [1.807, 2.05) is 47.5 Å². The summed E-state index contributed by atoms with van der Waals surface area (Å²) in [4.78, 5) is 25.9. The Morgan fingerprint density at radius 1 is 1.17 bits per heavy atom. The first-order valence-electron chi connectivity index (χ1n) is 10.4. The number of rotatable bonds is 5. The first-order valence-corrected chi connectivity index (χ1v) is 10.7. The maximum atomic E-state index is 13.4. The maximum Gasteiger partial charge on any atom is 0.308 e. The van der Waals surface area contributed by atoms with E-state index < -0.39 is 5.54 Å². The summed E-state index contributed by atoms with van der Waals surface area (Å²) in [6.45, 7) is 4.29. The van der Waals surface area contributed by atoms with Crippen molar-refractivity contribution in [2.24, 2.45) is 5.92 Å². The third-order valence-corrected chi connectivity index (χ3v) is 6.70. The molecule has 2 aliphatic heterocycles. The lowest BCUT2D eigenvalue weighted by Gasteiger charge is -2.39. The van der Waals surface area contributed by atoms with E-state index in [1.54, 1.807) is 0 Å². The highest BCUT2D eigenvalue weighted by molar-refractivity contribution is 6.30. The van der Waals surface area contributed by atoms with E-state index in [0.717, 1.165) is 11.1 Å². The Morgan fingerprint density at radius 3 is 2.43 bits per heavy atom. The van der Waals surface area contributed by atoms with E-state index in [9.17, 15) is 9.59 Å². The topological polar surface area (TPSA) is 49.9 Å². The number of esters is 1. The Labute approximate surface area is 182 Å². The highest BCUT2D eigenvalue weighted by Gasteiger charge is 2.60. The molecule has 3 atom stereocenters. The molecule has 2 saturated heterocycles. The van der Waals surface area contributed by atoms with Crippen LogP contribution in [0.25, 0.3) is 0 Å². The van der Waals surface area contributed by atoms with Crippen LogP contribution in [0.2, 0.25) is 5.02 Å². The molecule has 0 radical (unpaired) electrons. The predicted octanol–water partition coefficient (Wildman–Crippen LogP) is 4.72. The van der Waals surface area contributed by atoms with Crippen LogP contribution in [-0.2, 0) is 19.9 Å². The van der Waals surface area contributed by atoms with Gasteiger partial charge in [-0.1, -0.05) is 67.9 Å². The Balaban J connectivity index is 1.89. The zero-order chi connectivity index (χ0) is 21.5. The molecule has 2 fully saturated rings. The molecule has 30 heavy (non-hydrogen) atoms. The zero-order valence-corrected chi connectivity index (χ0v) is 18.3. The number of hydrazine groups is 1. The molecule has 2 aromatic rings. The van der Waals surface area contributed by atoms with Crippen molar-refractivity contribution in [3.63, 3.8) is 0 Å². The standard InChI is InChI=1S/C24H27ClN2O3/c1-16(2)20-13-22(28)27-24(15-23(29)30-3,18-9-11-19(25)12-10-18)14-21(26(20)27)17-7-5-4-6-8-17/h4-12,16,20-21H,13-15H2,1-3H3/t20-,21+,24+/m0/s1. The minimum Gasteiger partial charge on any atom is -0.469 e. The average molecular weight is 427 g/mol. The lowest BCUT2D eigenvalue weighted by Crippen LogP contribution is -2.49. The number of benzene rings is 2. The molecule has 0 spiro atoms. The summed E-state index contributed by atoms with van der Waals surface area (Å²) in [6.07, 6.45) is 1.15. The quantitative estimate of drug-likeness (QED) is 0.649. The fraction of sp³-hybridized carbons (Fsp3) is 0.417.